The SMILES string of the molecule is COCC1(CNC(=O)c2ccc(F)c(F)c2F)CCCN1. The number of ether oxygens (including phenoxy) is 1. The smallest absolute Gasteiger partial charge is 0.254 e. The first-order valence-electron chi connectivity index (χ1n) is 6.65. The van der Waals surface area contributed by atoms with Crippen LogP contribution in [0.15, 0.2) is 12.1 Å². The molecule has 21 heavy (non-hydrogen) atoms. The Balaban J connectivity index is 2.06. The highest BCUT2D eigenvalue weighted by Crippen LogP contribution is 2.20. The molecule has 1 amide bonds. The zero-order valence-electron chi connectivity index (χ0n) is 11.6. The molecule has 0 spiro atoms. The fourth-order valence-corrected chi connectivity index (χ4v) is 2.52. The van der Waals surface area contributed by atoms with Crippen LogP contribution in [0, 0.1) is 17.5 Å². The van der Waals surface area contributed by atoms with Crippen LogP contribution in [0.5, 0.6) is 0 Å². The molecule has 0 aliphatic carbocycles. The molecule has 116 valence electrons. The molecule has 1 aliphatic heterocycles. The second-order valence-corrected chi connectivity index (χ2v) is 5.15. The third-order valence-electron chi connectivity index (χ3n) is 3.62. The molecule has 1 atom stereocenters. The zero-order valence-corrected chi connectivity index (χ0v) is 11.6. The van der Waals surface area contributed by atoms with Crippen molar-refractivity contribution in [3.8, 4) is 0 Å². The highest BCUT2D eigenvalue weighted by Gasteiger charge is 2.34. The van der Waals surface area contributed by atoms with Crippen LogP contribution in [-0.4, -0.2) is 38.3 Å². The lowest BCUT2D eigenvalue weighted by molar-refractivity contribution is 0.0887. The molecule has 1 aromatic carbocycles. The maximum absolute atomic E-state index is 13.5. The van der Waals surface area contributed by atoms with Crippen LogP contribution in [-0.2, 0) is 4.74 Å². The van der Waals surface area contributed by atoms with Crippen molar-refractivity contribution in [1.29, 1.82) is 0 Å². The topological polar surface area (TPSA) is 50.4 Å². The van der Waals surface area contributed by atoms with Gasteiger partial charge in [0.05, 0.1) is 17.7 Å². The molecular weight excluding hydrogens is 285 g/mol. The number of methoxy groups -OCH3 is 1. The Bertz CT molecular complexity index is 531. The van der Waals surface area contributed by atoms with Gasteiger partial charge in [0.25, 0.3) is 5.91 Å². The summed E-state index contributed by atoms with van der Waals surface area (Å²) in [6.45, 7) is 1.42. The van der Waals surface area contributed by atoms with Gasteiger partial charge in [-0.1, -0.05) is 0 Å². The van der Waals surface area contributed by atoms with Crippen molar-refractivity contribution in [2.45, 2.75) is 18.4 Å². The first-order chi connectivity index (χ1) is 9.99. The lowest BCUT2D eigenvalue weighted by Crippen LogP contribution is -2.53. The maximum Gasteiger partial charge on any atom is 0.254 e. The minimum atomic E-state index is -1.65. The number of amides is 1. The van der Waals surface area contributed by atoms with Crippen molar-refractivity contribution in [3.05, 3.63) is 35.1 Å². The van der Waals surface area contributed by atoms with Crippen molar-refractivity contribution in [3.63, 3.8) is 0 Å². The van der Waals surface area contributed by atoms with Crippen molar-refractivity contribution in [1.82, 2.24) is 10.6 Å². The molecule has 1 fully saturated rings. The van der Waals surface area contributed by atoms with Crippen LogP contribution >= 0.6 is 0 Å². The van der Waals surface area contributed by atoms with Gasteiger partial charge in [-0.05, 0) is 31.5 Å². The summed E-state index contributed by atoms with van der Waals surface area (Å²) in [6, 6.07) is 1.65. The highest BCUT2D eigenvalue weighted by atomic mass is 19.2. The molecular formula is C14H17F3N2O2. The van der Waals surface area contributed by atoms with Gasteiger partial charge < -0.3 is 15.4 Å². The molecule has 2 rings (SSSR count). The second-order valence-electron chi connectivity index (χ2n) is 5.15. The fraction of sp³-hybridized carbons (Fsp3) is 0.500. The van der Waals surface area contributed by atoms with E-state index in [1.165, 1.54) is 0 Å². The standard InChI is InChI=1S/C14H17F3N2O2/c1-21-8-14(5-2-6-19-14)7-18-13(20)9-3-4-10(15)12(17)11(9)16/h3-4,19H,2,5-8H2,1H3,(H,18,20). The molecule has 1 heterocycles. The third kappa shape index (κ3) is 3.36. The first-order valence-corrected chi connectivity index (χ1v) is 6.65. The maximum atomic E-state index is 13.5. The van der Waals surface area contributed by atoms with E-state index in [0.29, 0.717) is 6.61 Å². The van der Waals surface area contributed by atoms with Crippen molar-refractivity contribution in [2.24, 2.45) is 0 Å². The number of halogens is 3. The normalized spacial score (nSPS) is 21.5. The minimum absolute atomic E-state index is 0.220. The summed E-state index contributed by atoms with van der Waals surface area (Å²) in [4.78, 5) is 11.9. The summed E-state index contributed by atoms with van der Waals surface area (Å²) in [7, 11) is 1.55. The number of rotatable bonds is 5. The number of nitrogens with one attached hydrogen (secondary N) is 2. The fourth-order valence-electron chi connectivity index (χ4n) is 2.52. The van der Waals surface area contributed by atoms with E-state index in [1.54, 1.807) is 7.11 Å². The molecule has 4 nitrogen and oxygen atoms in total. The minimum Gasteiger partial charge on any atom is -0.383 e. The number of hydrogen-bond donors (Lipinski definition) is 2. The van der Waals surface area contributed by atoms with Crippen LogP contribution in [0.2, 0.25) is 0 Å². The average molecular weight is 302 g/mol. The molecule has 0 aromatic heterocycles. The molecule has 0 bridgehead atoms. The van der Waals surface area contributed by atoms with E-state index >= 15 is 0 Å². The number of carbonyl (C=O) groups is 1. The molecule has 1 saturated heterocycles. The average Bonchev–Trinajstić information content (AvgIpc) is 2.92. The largest absolute Gasteiger partial charge is 0.383 e. The molecule has 0 radical (unpaired) electrons. The Hall–Kier alpha value is -1.60. The van der Waals surface area contributed by atoms with Gasteiger partial charge in [-0.2, -0.15) is 0 Å². The summed E-state index contributed by atoms with van der Waals surface area (Å²) in [6.07, 6.45) is 1.75. The highest BCUT2D eigenvalue weighted by molar-refractivity contribution is 5.94. The van der Waals surface area contributed by atoms with E-state index in [4.69, 9.17) is 4.74 Å². The Labute approximate surface area is 120 Å². The van der Waals surface area contributed by atoms with E-state index in [1.807, 2.05) is 0 Å². The van der Waals surface area contributed by atoms with E-state index in [0.717, 1.165) is 31.5 Å². The molecule has 0 saturated carbocycles. The molecule has 2 N–H and O–H groups in total. The van der Waals surface area contributed by atoms with Crippen molar-refractivity contribution >= 4 is 5.91 Å². The van der Waals surface area contributed by atoms with E-state index in [-0.39, 0.29) is 6.54 Å². The van der Waals surface area contributed by atoms with E-state index < -0.39 is 34.5 Å². The van der Waals surface area contributed by atoms with E-state index in [2.05, 4.69) is 10.6 Å². The molecule has 7 heteroatoms. The van der Waals surface area contributed by atoms with Gasteiger partial charge in [0.1, 0.15) is 0 Å². The molecule has 1 aliphatic rings. The predicted molar refractivity (Wildman–Crippen MR) is 70.5 cm³/mol. The summed E-state index contributed by atoms with van der Waals surface area (Å²) in [5, 5.41) is 5.79. The van der Waals surface area contributed by atoms with Crippen LogP contribution in [0.4, 0.5) is 13.2 Å². The van der Waals surface area contributed by atoms with E-state index in [9.17, 15) is 18.0 Å². The number of carbonyl (C=O) groups excluding carboxylic acids is 1. The Morgan fingerprint density at radius 2 is 2.14 bits per heavy atom. The van der Waals surface area contributed by atoms with Crippen LogP contribution in [0.3, 0.4) is 0 Å². The van der Waals surface area contributed by atoms with Gasteiger partial charge in [-0.15, -0.1) is 0 Å². The summed E-state index contributed by atoms with van der Waals surface area (Å²) >= 11 is 0. The molecule has 1 aromatic rings. The second kappa shape index (κ2) is 6.44. The number of hydrogen-bond acceptors (Lipinski definition) is 3. The van der Waals surface area contributed by atoms with Gasteiger partial charge in [-0.25, -0.2) is 13.2 Å². The lowest BCUT2D eigenvalue weighted by atomic mass is 9.98. The summed E-state index contributed by atoms with van der Waals surface area (Å²) in [5.74, 6) is -5.23. The van der Waals surface area contributed by atoms with Gasteiger partial charge in [0.15, 0.2) is 17.5 Å². The zero-order chi connectivity index (χ0) is 15.5. The van der Waals surface area contributed by atoms with Crippen molar-refractivity contribution < 1.29 is 22.7 Å². The monoisotopic (exact) mass is 302 g/mol. The quantitative estimate of drug-likeness (QED) is 0.812. The first kappa shape index (κ1) is 15.8. The lowest BCUT2D eigenvalue weighted by Gasteiger charge is -2.29. The Morgan fingerprint density at radius 3 is 2.76 bits per heavy atom. The van der Waals surface area contributed by atoms with Gasteiger partial charge in [0, 0.05) is 13.7 Å². The van der Waals surface area contributed by atoms with Gasteiger partial charge in [0.2, 0.25) is 0 Å². The van der Waals surface area contributed by atoms with Crippen LogP contribution in [0.1, 0.15) is 23.2 Å². The van der Waals surface area contributed by atoms with Crippen molar-refractivity contribution in [2.75, 3.05) is 26.8 Å². The van der Waals surface area contributed by atoms with Gasteiger partial charge >= 0.3 is 0 Å². The Morgan fingerprint density at radius 1 is 1.38 bits per heavy atom. The summed E-state index contributed by atoms with van der Waals surface area (Å²) in [5.41, 5.74) is -0.918. The summed E-state index contributed by atoms with van der Waals surface area (Å²) < 4.78 is 44.6. The predicted octanol–water partition coefficient (Wildman–Crippen LogP) is 1.60. The van der Waals surface area contributed by atoms with Crippen LogP contribution < -0.4 is 10.6 Å². The van der Waals surface area contributed by atoms with Gasteiger partial charge in [-0.3, -0.25) is 4.79 Å². The molecule has 1 unspecified atom stereocenters. The van der Waals surface area contributed by atoms with Crippen LogP contribution in [0.25, 0.3) is 0 Å². The number of benzene rings is 1. The third-order valence-corrected chi connectivity index (χ3v) is 3.62. The Kier molecular flexibility index (Phi) is 4.84.